The molecule has 0 aliphatic heterocycles. The van der Waals surface area contributed by atoms with Gasteiger partial charge in [-0.25, -0.2) is 4.79 Å². The number of benzene rings is 2. The van der Waals surface area contributed by atoms with Crippen molar-refractivity contribution >= 4 is 32.7 Å². The molecule has 0 fully saturated rings. The number of hydrogen-bond acceptors (Lipinski definition) is 5. The van der Waals surface area contributed by atoms with Gasteiger partial charge >= 0.3 is 21.9 Å². The molecule has 0 aliphatic rings. The van der Waals surface area contributed by atoms with Gasteiger partial charge in [-0.1, -0.05) is 17.7 Å². The second-order valence-corrected chi connectivity index (χ2v) is 7.53. The molecule has 0 saturated carbocycles. The van der Waals surface area contributed by atoms with Gasteiger partial charge in [-0.3, -0.25) is 0 Å². The highest BCUT2D eigenvalue weighted by atomic mass is 35.5. The Morgan fingerprint density at radius 3 is 2.44 bits per heavy atom. The monoisotopic (exact) mass is 418 g/mol. The van der Waals surface area contributed by atoms with Gasteiger partial charge in [0.2, 0.25) is 0 Å². The molecule has 142 valence electrons. The second-order valence-electron chi connectivity index (χ2n) is 5.58. The van der Waals surface area contributed by atoms with E-state index in [2.05, 4.69) is 0 Å². The maximum Gasteiger partial charge on any atom is 0.417 e. The molecule has 5 nitrogen and oxygen atoms in total. The Morgan fingerprint density at radius 1 is 1.07 bits per heavy atom. The molecule has 2 aromatic carbocycles. The average Bonchev–Trinajstić information content (AvgIpc) is 2.54. The molecule has 0 aliphatic carbocycles. The summed E-state index contributed by atoms with van der Waals surface area (Å²) >= 11 is 5.81. The highest BCUT2D eigenvalue weighted by Gasteiger charge is 2.34. The fourth-order valence-corrected chi connectivity index (χ4v) is 3.86. The van der Waals surface area contributed by atoms with Crippen LogP contribution in [0.5, 0.6) is 5.75 Å². The molecule has 0 N–H and O–H groups in total. The summed E-state index contributed by atoms with van der Waals surface area (Å²) in [6.07, 6.45) is -4.78. The van der Waals surface area contributed by atoms with Crippen molar-refractivity contribution in [1.29, 1.82) is 0 Å². The van der Waals surface area contributed by atoms with Crippen LogP contribution in [-0.2, 0) is 16.3 Å². The standard InChI is InChI=1S/C17H10ClF3O5S/c1-9-2-3-10(18)6-15(9)27(23,24)26-11-4-5-12-13(17(19,20)21)8-16(22)25-14(12)7-11/h2-8H,1H3. The maximum atomic E-state index is 13.1. The zero-order valence-electron chi connectivity index (χ0n) is 13.5. The summed E-state index contributed by atoms with van der Waals surface area (Å²) in [5.41, 5.74) is -2.49. The van der Waals surface area contributed by atoms with Crippen molar-refractivity contribution in [3.05, 3.63) is 69.0 Å². The first-order chi connectivity index (χ1) is 12.5. The molecule has 27 heavy (non-hydrogen) atoms. The highest BCUT2D eigenvalue weighted by Crippen LogP contribution is 2.35. The lowest BCUT2D eigenvalue weighted by Crippen LogP contribution is -2.12. The van der Waals surface area contributed by atoms with E-state index in [-0.39, 0.29) is 15.7 Å². The SMILES string of the molecule is Cc1ccc(Cl)cc1S(=O)(=O)Oc1ccc2c(C(F)(F)F)cc(=O)oc2c1. The number of aryl methyl sites for hydroxylation is 1. The van der Waals surface area contributed by atoms with Crippen LogP contribution in [0.3, 0.4) is 0 Å². The zero-order valence-corrected chi connectivity index (χ0v) is 15.1. The van der Waals surface area contributed by atoms with Crippen LogP contribution >= 0.6 is 11.6 Å². The minimum Gasteiger partial charge on any atom is -0.423 e. The topological polar surface area (TPSA) is 73.6 Å². The van der Waals surface area contributed by atoms with Crippen molar-refractivity contribution in [2.24, 2.45) is 0 Å². The van der Waals surface area contributed by atoms with E-state index >= 15 is 0 Å². The van der Waals surface area contributed by atoms with Crippen LogP contribution in [0, 0.1) is 6.92 Å². The van der Waals surface area contributed by atoms with Crippen molar-refractivity contribution in [3.8, 4) is 5.75 Å². The lowest BCUT2D eigenvalue weighted by molar-refractivity contribution is -0.136. The van der Waals surface area contributed by atoms with Crippen LogP contribution in [0.1, 0.15) is 11.1 Å². The number of halogens is 4. The Labute approximate surface area is 156 Å². The zero-order chi connectivity index (χ0) is 20.0. The third kappa shape index (κ3) is 3.93. The molecular weight excluding hydrogens is 409 g/mol. The van der Waals surface area contributed by atoms with Crippen LogP contribution in [0.4, 0.5) is 13.2 Å². The van der Waals surface area contributed by atoms with Crippen molar-refractivity contribution < 1.29 is 30.2 Å². The Balaban J connectivity index is 2.08. The molecule has 1 heterocycles. The van der Waals surface area contributed by atoms with Gasteiger partial charge in [-0.05, 0) is 36.8 Å². The minimum atomic E-state index is -4.78. The fourth-order valence-electron chi connectivity index (χ4n) is 2.44. The van der Waals surface area contributed by atoms with Gasteiger partial charge in [0.15, 0.2) is 0 Å². The van der Waals surface area contributed by atoms with Crippen LogP contribution in [0.15, 0.2) is 56.6 Å². The molecule has 0 spiro atoms. The molecular formula is C17H10ClF3O5S. The normalized spacial score (nSPS) is 12.3. The number of rotatable bonds is 3. The summed E-state index contributed by atoms with van der Waals surface area (Å²) in [7, 11) is -4.31. The van der Waals surface area contributed by atoms with Crippen LogP contribution < -0.4 is 9.81 Å². The van der Waals surface area contributed by atoms with E-state index < -0.39 is 38.5 Å². The van der Waals surface area contributed by atoms with Gasteiger partial charge in [0.25, 0.3) is 0 Å². The van der Waals surface area contributed by atoms with Gasteiger partial charge in [-0.15, -0.1) is 0 Å². The summed E-state index contributed by atoms with van der Waals surface area (Å²) in [4.78, 5) is 11.2. The van der Waals surface area contributed by atoms with E-state index in [1.54, 1.807) is 0 Å². The Morgan fingerprint density at radius 2 is 1.78 bits per heavy atom. The van der Waals surface area contributed by atoms with E-state index in [1.165, 1.54) is 25.1 Å². The smallest absolute Gasteiger partial charge is 0.417 e. The summed E-state index contributed by atoms with van der Waals surface area (Å²) in [6.45, 7) is 1.53. The lowest BCUT2D eigenvalue weighted by atomic mass is 10.1. The number of alkyl halides is 3. The van der Waals surface area contributed by atoms with E-state index in [1.807, 2.05) is 0 Å². The van der Waals surface area contributed by atoms with E-state index in [4.69, 9.17) is 20.2 Å². The maximum absolute atomic E-state index is 13.1. The molecule has 0 radical (unpaired) electrons. The molecule has 0 atom stereocenters. The van der Waals surface area contributed by atoms with Crippen molar-refractivity contribution in [2.45, 2.75) is 18.0 Å². The fraction of sp³-hybridized carbons (Fsp3) is 0.118. The van der Waals surface area contributed by atoms with E-state index in [0.717, 1.165) is 18.2 Å². The third-order valence-corrected chi connectivity index (χ3v) is 5.27. The average molecular weight is 419 g/mol. The molecule has 3 rings (SSSR count). The molecule has 3 aromatic rings. The number of fused-ring (bicyclic) bond motifs is 1. The Hall–Kier alpha value is -2.52. The van der Waals surface area contributed by atoms with Crippen molar-refractivity contribution in [3.63, 3.8) is 0 Å². The van der Waals surface area contributed by atoms with Gasteiger partial charge in [0, 0.05) is 22.5 Å². The third-order valence-electron chi connectivity index (χ3n) is 3.65. The first-order valence-corrected chi connectivity index (χ1v) is 9.12. The summed E-state index contributed by atoms with van der Waals surface area (Å²) in [6, 6.07) is 7.41. The van der Waals surface area contributed by atoms with Crippen LogP contribution in [0.25, 0.3) is 11.0 Å². The summed E-state index contributed by atoms with van der Waals surface area (Å²) in [5.74, 6) is -0.315. The lowest BCUT2D eigenvalue weighted by Gasteiger charge is -2.12. The molecule has 1 aromatic heterocycles. The quantitative estimate of drug-likeness (QED) is 0.461. The molecule has 0 amide bonds. The van der Waals surface area contributed by atoms with E-state index in [9.17, 15) is 26.4 Å². The molecule has 0 saturated heterocycles. The minimum absolute atomic E-state index is 0.169. The van der Waals surface area contributed by atoms with E-state index in [0.29, 0.717) is 11.6 Å². The van der Waals surface area contributed by atoms with Crippen LogP contribution in [0.2, 0.25) is 5.02 Å². The summed E-state index contributed by atoms with van der Waals surface area (Å²) < 4.78 is 73.8. The van der Waals surface area contributed by atoms with Gasteiger partial charge < -0.3 is 8.60 Å². The predicted octanol–water partition coefficient (Wildman–Crippen LogP) is 4.54. The second kappa shape index (κ2) is 6.58. The summed E-state index contributed by atoms with van der Waals surface area (Å²) in [5, 5.41) is -0.229. The Bertz CT molecular complexity index is 1200. The highest BCUT2D eigenvalue weighted by molar-refractivity contribution is 7.87. The largest absolute Gasteiger partial charge is 0.423 e. The predicted molar refractivity (Wildman–Crippen MR) is 91.5 cm³/mol. The number of hydrogen-bond donors (Lipinski definition) is 0. The first kappa shape index (κ1) is 19.2. The molecule has 0 unspecified atom stereocenters. The van der Waals surface area contributed by atoms with Crippen molar-refractivity contribution in [1.82, 2.24) is 0 Å². The van der Waals surface area contributed by atoms with Gasteiger partial charge in [0.1, 0.15) is 16.2 Å². The van der Waals surface area contributed by atoms with Gasteiger partial charge in [0.05, 0.1) is 5.56 Å². The van der Waals surface area contributed by atoms with Crippen molar-refractivity contribution in [2.75, 3.05) is 0 Å². The Kier molecular flexibility index (Phi) is 4.69. The van der Waals surface area contributed by atoms with Crippen LogP contribution in [-0.4, -0.2) is 8.42 Å². The molecule has 10 heteroatoms. The molecule has 0 bridgehead atoms. The first-order valence-electron chi connectivity index (χ1n) is 7.33. The van der Waals surface area contributed by atoms with Gasteiger partial charge in [-0.2, -0.15) is 21.6 Å².